The van der Waals surface area contributed by atoms with E-state index < -0.39 is 0 Å². The van der Waals surface area contributed by atoms with E-state index in [2.05, 4.69) is 10.3 Å². The topological polar surface area (TPSA) is 65.8 Å². The number of nitrogens with one attached hydrogen (secondary N) is 1. The molecule has 0 saturated heterocycles. The monoisotopic (exact) mass is 251 g/mol. The Morgan fingerprint density at radius 2 is 2.05 bits per heavy atom. The standard InChI is InChI=1S/C15H13N3O/c1-11-3-2-8-17-14(11)10-18-15(19)13-6-4-12(9-16)5-7-13/h2-8H,10H2,1H3,(H,18,19). The number of nitrogens with zero attached hydrogens (tertiary/aromatic N) is 2. The Hall–Kier alpha value is -2.67. The number of benzene rings is 1. The van der Waals surface area contributed by atoms with Crippen LogP contribution in [-0.4, -0.2) is 10.9 Å². The summed E-state index contributed by atoms with van der Waals surface area (Å²) < 4.78 is 0. The van der Waals surface area contributed by atoms with Crippen LogP contribution in [0.1, 0.15) is 27.2 Å². The molecule has 1 heterocycles. The molecule has 4 heteroatoms. The van der Waals surface area contributed by atoms with Crippen molar-refractivity contribution in [1.82, 2.24) is 10.3 Å². The summed E-state index contributed by atoms with van der Waals surface area (Å²) in [5.74, 6) is -0.172. The van der Waals surface area contributed by atoms with Crippen LogP contribution in [0.3, 0.4) is 0 Å². The third kappa shape index (κ3) is 3.17. The zero-order chi connectivity index (χ0) is 13.7. The van der Waals surface area contributed by atoms with Gasteiger partial charge in [0.15, 0.2) is 0 Å². The lowest BCUT2D eigenvalue weighted by atomic mass is 10.1. The summed E-state index contributed by atoms with van der Waals surface area (Å²) in [6, 6.07) is 12.4. The van der Waals surface area contributed by atoms with Crippen LogP contribution in [0.5, 0.6) is 0 Å². The van der Waals surface area contributed by atoms with Gasteiger partial charge in [-0.2, -0.15) is 5.26 Å². The van der Waals surface area contributed by atoms with Crippen molar-refractivity contribution in [1.29, 1.82) is 5.26 Å². The van der Waals surface area contributed by atoms with Crippen LogP contribution >= 0.6 is 0 Å². The SMILES string of the molecule is Cc1cccnc1CNC(=O)c1ccc(C#N)cc1. The Labute approximate surface area is 111 Å². The van der Waals surface area contributed by atoms with Crippen molar-refractivity contribution >= 4 is 5.91 Å². The fourth-order valence-corrected chi connectivity index (χ4v) is 1.67. The van der Waals surface area contributed by atoms with E-state index in [0.717, 1.165) is 11.3 Å². The van der Waals surface area contributed by atoms with Gasteiger partial charge in [0, 0.05) is 11.8 Å². The van der Waals surface area contributed by atoms with Gasteiger partial charge >= 0.3 is 0 Å². The molecular weight excluding hydrogens is 238 g/mol. The second-order valence-electron chi connectivity index (χ2n) is 4.14. The average molecular weight is 251 g/mol. The van der Waals surface area contributed by atoms with Crippen LogP contribution in [0, 0.1) is 18.3 Å². The van der Waals surface area contributed by atoms with Crippen molar-refractivity contribution < 1.29 is 4.79 Å². The molecule has 0 aliphatic heterocycles. The summed E-state index contributed by atoms with van der Waals surface area (Å²) in [5, 5.41) is 11.5. The van der Waals surface area contributed by atoms with Crippen LogP contribution in [0.25, 0.3) is 0 Å². The molecule has 0 fully saturated rings. The van der Waals surface area contributed by atoms with Gasteiger partial charge in [0.25, 0.3) is 5.91 Å². The first kappa shape index (κ1) is 12.8. The lowest BCUT2D eigenvalue weighted by Gasteiger charge is -2.06. The summed E-state index contributed by atoms with van der Waals surface area (Å²) in [7, 11) is 0. The average Bonchev–Trinajstić information content (AvgIpc) is 2.46. The minimum absolute atomic E-state index is 0.172. The van der Waals surface area contributed by atoms with Gasteiger partial charge in [0.2, 0.25) is 0 Å². The van der Waals surface area contributed by atoms with Crippen LogP contribution in [0.15, 0.2) is 42.6 Å². The zero-order valence-corrected chi connectivity index (χ0v) is 10.6. The fourth-order valence-electron chi connectivity index (χ4n) is 1.67. The van der Waals surface area contributed by atoms with E-state index in [1.807, 2.05) is 25.1 Å². The molecule has 0 atom stereocenters. The number of pyridine rings is 1. The fraction of sp³-hybridized carbons (Fsp3) is 0.133. The van der Waals surface area contributed by atoms with Gasteiger partial charge in [-0.05, 0) is 42.8 Å². The first-order valence-corrected chi connectivity index (χ1v) is 5.89. The van der Waals surface area contributed by atoms with Gasteiger partial charge in [-0.3, -0.25) is 9.78 Å². The molecule has 4 nitrogen and oxygen atoms in total. The molecule has 0 aliphatic rings. The lowest BCUT2D eigenvalue weighted by Crippen LogP contribution is -2.23. The number of aryl methyl sites for hydroxylation is 1. The molecule has 2 rings (SSSR count). The minimum atomic E-state index is -0.172. The van der Waals surface area contributed by atoms with Gasteiger partial charge < -0.3 is 5.32 Å². The Balaban J connectivity index is 2.02. The molecule has 19 heavy (non-hydrogen) atoms. The quantitative estimate of drug-likeness (QED) is 0.909. The molecule has 0 bridgehead atoms. The summed E-state index contributed by atoms with van der Waals surface area (Å²) in [4.78, 5) is 16.1. The number of carbonyl (C=O) groups is 1. The van der Waals surface area contributed by atoms with Crippen LogP contribution in [0.2, 0.25) is 0 Å². The first-order chi connectivity index (χ1) is 9.20. The number of hydrogen-bond donors (Lipinski definition) is 1. The third-order valence-corrected chi connectivity index (χ3v) is 2.81. The number of carbonyl (C=O) groups excluding carboxylic acids is 1. The van der Waals surface area contributed by atoms with E-state index >= 15 is 0 Å². The van der Waals surface area contributed by atoms with Gasteiger partial charge in [-0.15, -0.1) is 0 Å². The zero-order valence-electron chi connectivity index (χ0n) is 10.6. The molecule has 0 spiro atoms. The maximum Gasteiger partial charge on any atom is 0.251 e. The predicted octanol–water partition coefficient (Wildman–Crippen LogP) is 2.19. The first-order valence-electron chi connectivity index (χ1n) is 5.89. The van der Waals surface area contributed by atoms with E-state index in [9.17, 15) is 4.79 Å². The number of aromatic nitrogens is 1. The summed E-state index contributed by atoms with van der Waals surface area (Å²) in [5.41, 5.74) is 2.97. The van der Waals surface area contributed by atoms with Crippen LogP contribution in [0.4, 0.5) is 0 Å². The molecule has 0 radical (unpaired) electrons. The van der Waals surface area contributed by atoms with Gasteiger partial charge in [-0.1, -0.05) is 6.07 Å². The normalized spacial score (nSPS) is 9.68. The van der Waals surface area contributed by atoms with Crippen molar-refractivity contribution in [3.8, 4) is 6.07 Å². The van der Waals surface area contributed by atoms with Gasteiger partial charge in [0.05, 0.1) is 23.9 Å². The van der Waals surface area contributed by atoms with Crippen LogP contribution in [-0.2, 0) is 6.54 Å². The highest BCUT2D eigenvalue weighted by Gasteiger charge is 2.06. The number of nitriles is 1. The molecule has 0 aliphatic carbocycles. The molecule has 2 aromatic rings. The second-order valence-corrected chi connectivity index (χ2v) is 4.14. The molecule has 1 aromatic carbocycles. The predicted molar refractivity (Wildman–Crippen MR) is 71.3 cm³/mol. The molecule has 0 saturated carbocycles. The van der Waals surface area contributed by atoms with Crippen molar-refractivity contribution in [2.24, 2.45) is 0 Å². The Bertz CT molecular complexity index is 627. The number of rotatable bonds is 3. The second kappa shape index (κ2) is 5.78. The summed E-state index contributed by atoms with van der Waals surface area (Å²) >= 11 is 0. The highest BCUT2D eigenvalue weighted by Crippen LogP contribution is 2.05. The number of hydrogen-bond acceptors (Lipinski definition) is 3. The Morgan fingerprint density at radius 3 is 2.68 bits per heavy atom. The van der Waals surface area contributed by atoms with Crippen molar-refractivity contribution in [2.45, 2.75) is 13.5 Å². The van der Waals surface area contributed by atoms with Crippen molar-refractivity contribution in [2.75, 3.05) is 0 Å². The van der Waals surface area contributed by atoms with E-state index in [1.54, 1.807) is 30.5 Å². The molecular formula is C15H13N3O. The summed E-state index contributed by atoms with van der Waals surface area (Å²) in [6.45, 7) is 2.35. The molecule has 0 unspecified atom stereocenters. The maximum absolute atomic E-state index is 11.9. The molecule has 94 valence electrons. The highest BCUT2D eigenvalue weighted by molar-refractivity contribution is 5.94. The van der Waals surface area contributed by atoms with Gasteiger partial charge in [0.1, 0.15) is 0 Å². The highest BCUT2D eigenvalue weighted by atomic mass is 16.1. The van der Waals surface area contributed by atoms with E-state index in [0.29, 0.717) is 17.7 Å². The van der Waals surface area contributed by atoms with Gasteiger partial charge in [-0.25, -0.2) is 0 Å². The molecule has 1 N–H and O–H groups in total. The van der Waals surface area contributed by atoms with E-state index in [4.69, 9.17) is 5.26 Å². The van der Waals surface area contributed by atoms with Crippen molar-refractivity contribution in [3.63, 3.8) is 0 Å². The largest absolute Gasteiger partial charge is 0.346 e. The van der Waals surface area contributed by atoms with Crippen LogP contribution < -0.4 is 5.32 Å². The smallest absolute Gasteiger partial charge is 0.251 e. The van der Waals surface area contributed by atoms with Crippen molar-refractivity contribution in [3.05, 3.63) is 65.0 Å². The third-order valence-electron chi connectivity index (χ3n) is 2.81. The Morgan fingerprint density at radius 1 is 1.32 bits per heavy atom. The molecule has 1 aromatic heterocycles. The number of amides is 1. The summed E-state index contributed by atoms with van der Waals surface area (Å²) in [6.07, 6.45) is 1.70. The maximum atomic E-state index is 11.9. The minimum Gasteiger partial charge on any atom is -0.346 e. The van der Waals surface area contributed by atoms with E-state index in [1.165, 1.54) is 0 Å². The molecule has 1 amide bonds. The lowest BCUT2D eigenvalue weighted by molar-refractivity contribution is 0.0950. The Kier molecular flexibility index (Phi) is 3.89. The van der Waals surface area contributed by atoms with E-state index in [-0.39, 0.29) is 5.91 Å².